The number of imidazole rings is 1. The lowest BCUT2D eigenvalue weighted by Gasteiger charge is -2.22. The molecule has 0 aliphatic heterocycles. The summed E-state index contributed by atoms with van der Waals surface area (Å²) < 4.78 is 5.09. The Morgan fingerprint density at radius 2 is 2.26 bits per heavy atom. The lowest BCUT2D eigenvalue weighted by Crippen LogP contribution is -2.46. The molecule has 1 fully saturated rings. The van der Waals surface area contributed by atoms with Crippen LogP contribution in [0.25, 0.3) is 0 Å². The van der Waals surface area contributed by atoms with Crippen LogP contribution in [0.5, 0.6) is 0 Å². The molecule has 1 aromatic rings. The number of aromatic amines is 1. The number of hydrogen-bond donors (Lipinski definition) is 3. The van der Waals surface area contributed by atoms with Crippen molar-refractivity contribution in [3.63, 3.8) is 0 Å². The number of hydrogen-bond acceptors (Lipinski definition) is 4. The van der Waals surface area contributed by atoms with Gasteiger partial charge in [0.05, 0.1) is 6.33 Å². The Morgan fingerprint density at radius 3 is 2.74 bits per heavy atom. The van der Waals surface area contributed by atoms with Gasteiger partial charge in [0.15, 0.2) is 0 Å². The molecular weight excluding hydrogens is 250 g/mol. The molecule has 1 heterocycles. The van der Waals surface area contributed by atoms with E-state index in [2.05, 4.69) is 15.3 Å². The molecule has 7 heteroatoms. The molecule has 1 aromatic heterocycles. The third-order valence-electron chi connectivity index (χ3n) is 2.96. The van der Waals surface area contributed by atoms with E-state index in [4.69, 9.17) is 4.74 Å². The van der Waals surface area contributed by atoms with Crippen LogP contribution < -0.4 is 5.32 Å². The van der Waals surface area contributed by atoms with Crippen LogP contribution >= 0.6 is 0 Å². The molecule has 0 spiro atoms. The number of carbonyl (C=O) groups is 2. The number of nitrogens with one attached hydrogen (secondary N) is 2. The first-order valence-corrected chi connectivity index (χ1v) is 5.97. The van der Waals surface area contributed by atoms with Gasteiger partial charge >= 0.3 is 12.1 Å². The van der Waals surface area contributed by atoms with Crippen LogP contribution in [0, 0.1) is 0 Å². The van der Waals surface area contributed by atoms with Crippen molar-refractivity contribution < 1.29 is 19.4 Å². The highest BCUT2D eigenvalue weighted by atomic mass is 16.6. The fraction of sp³-hybridized carbons (Fsp3) is 0.583. The number of H-pyrrole nitrogens is 1. The summed E-state index contributed by atoms with van der Waals surface area (Å²) in [6, 6.07) is 0. The van der Waals surface area contributed by atoms with E-state index in [0.29, 0.717) is 12.1 Å². The van der Waals surface area contributed by atoms with E-state index in [9.17, 15) is 14.7 Å². The van der Waals surface area contributed by atoms with Crippen LogP contribution in [0.3, 0.4) is 0 Å². The molecule has 1 amide bonds. The van der Waals surface area contributed by atoms with Crippen LogP contribution in [0.4, 0.5) is 4.79 Å². The average Bonchev–Trinajstić information content (AvgIpc) is 2.72. The molecule has 2 rings (SSSR count). The summed E-state index contributed by atoms with van der Waals surface area (Å²) in [5.74, 6) is -1.38. The molecule has 0 bridgehead atoms. The van der Waals surface area contributed by atoms with E-state index >= 15 is 0 Å². The highest BCUT2D eigenvalue weighted by molar-refractivity contribution is 5.89. The summed E-state index contributed by atoms with van der Waals surface area (Å²) in [6.07, 6.45) is 2.64. The molecule has 0 unspecified atom stereocenters. The number of carbonyl (C=O) groups excluding carboxylic acids is 1. The SMILES string of the molecule is CC(C)(C)OC(=O)N[C@]1(C(=O)O)C[C@H]1c1cnc[nH]1. The number of alkyl carbamates (subject to hydrolysis) is 1. The first kappa shape index (κ1) is 13.4. The lowest BCUT2D eigenvalue weighted by atomic mass is 10.1. The monoisotopic (exact) mass is 267 g/mol. The van der Waals surface area contributed by atoms with E-state index in [-0.39, 0.29) is 5.92 Å². The maximum absolute atomic E-state index is 11.7. The number of ether oxygens (including phenoxy) is 1. The Kier molecular flexibility index (Phi) is 3.00. The van der Waals surface area contributed by atoms with Crippen molar-refractivity contribution in [3.05, 3.63) is 18.2 Å². The second kappa shape index (κ2) is 4.25. The Morgan fingerprint density at radius 1 is 1.58 bits per heavy atom. The molecular formula is C12H17N3O4. The molecule has 1 saturated carbocycles. The van der Waals surface area contributed by atoms with Crippen LogP contribution in [0.2, 0.25) is 0 Å². The van der Waals surface area contributed by atoms with Gasteiger partial charge in [-0.1, -0.05) is 0 Å². The number of carboxylic acids is 1. The predicted octanol–water partition coefficient (Wildman–Crippen LogP) is 1.25. The van der Waals surface area contributed by atoms with Crippen LogP contribution in [0.1, 0.15) is 38.8 Å². The Hall–Kier alpha value is -2.05. The van der Waals surface area contributed by atoms with Crippen LogP contribution in [0.15, 0.2) is 12.5 Å². The molecule has 0 radical (unpaired) electrons. The number of aromatic nitrogens is 2. The normalized spacial score (nSPS) is 25.7. The number of rotatable bonds is 3. The Bertz CT molecular complexity index is 492. The topological polar surface area (TPSA) is 104 Å². The van der Waals surface area contributed by atoms with Gasteiger partial charge in [-0.3, -0.25) is 0 Å². The molecule has 1 aliphatic rings. The zero-order valence-corrected chi connectivity index (χ0v) is 11.1. The van der Waals surface area contributed by atoms with Gasteiger partial charge in [-0.15, -0.1) is 0 Å². The van der Waals surface area contributed by atoms with Gasteiger partial charge < -0.3 is 20.1 Å². The van der Waals surface area contributed by atoms with Crippen molar-refractivity contribution >= 4 is 12.1 Å². The third kappa shape index (κ3) is 2.69. The number of amides is 1. The summed E-state index contributed by atoms with van der Waals surface area (Å²) in [5.41, 5.74) is -1.27. The smallest absolute Gasteiger partial charge is 0.408 e. The van der Waals surface area contributed by atoms with Crippen molar-refractivity contribution in [1.29, 1.82) is 0 Å². The summed E-state index contributed by atoms with van der Waals surface area (Å²) in [6.45, 7) is 5.16. The zero-order chi connectivity index (χ0) is 14.3. The van der Waals surface area contributed by atoms with Crippen LogP contribution in [-0.4, -0.2) is 38.3 Å². The first-order valence-electron chi connectivity index (χ1n) is 5.97. The maximum Gasteiger partial charge on any atom is 0.408 e. The van der Waals surface area contributed by atoms with E-state index in [0.717, 1.165) is 0 Å². The summed E-state index contributed by atoms with van der Waals surface area (Å²) in [5, 5.41) is 11.8. The van der Waals surface area contributed by atoms with Gasteiger partial charge in [0.2, 0.25) is 0 Å². The van der Waals surface area contributed by atoms with Gasteiger partial charge in [0.25, 0.3) is 0 Å². The van der Waals surface area contributed by atoms with Gasteiger partial charge in [0, 0.05) is 17.8 Å². The molecule has 7 nitrogen and oxygen atoms in total. The largest absolute Gasteiger partial charge is 0.479 e. The number of aliphatic carboxylic acids is 1. The van der Waals surface area contributed by atoms with Gasteiger partial charge in [-0.25, -0.2) is 14.6 Å². The minimum absolute atomic E-state index is 0.306. The fourth-order valence-electron chi connectivity index (χ4n) is 2.01. The van der Waals surface area contributed by atoms with Crippen molar-refractivity contribution in [2.75, 3.05) is 0 Å². The average molecular weight is 267 g/mol. The second-order valence-corrected chi connectivity index (χ2v) is 5.67. The molecule has 104 valence electrons. The van der Waals surface area contributed by atoms with Crippen LogP contribution in [-0.2, 0) is 9.53 Å². The maximum atomic E-state index is 11.7. The summed E-state index contributed by atoms with van der Waals surface area (Å²) >= 11 is 0. The van der Waals surface area contributed by atoms with Crippen molar-refractivity contribution in [2.24, 2.45) is 0 Å². The third-order valence-corrected chi connectivity index (χ3v) is 2.96. The van der Waals surface area contributed by atoms with Gasteiger partial charge in [-0.05, 0) is 27.2 Å². The highest BCUT2D eigenvalue weighted by Crippen LogP contribution is 2.51. The second-order valence-electron chi connectivity index (χ2n) is 5.67. The van der Waals surface area contributed by atoms with Crippen molar-refractivity contribution in [3.8, 4) is 0 Å². The number of carboxylic acid groups (broad SMARTS) is 1. The Balaban J connectivity index is 2.08. The minimum Gasteiger partial charge on any atom is -0.479 e. The minimum atomic E-state index is -1.30. The predicted molar refractivity (Wildman–Crippen MR) is 65.7 cm³/mol. The van der Waals surface area contributed by atoms with E-state index < -0.39 is 23.2 Å². The standard InChI is InChI=1S/C12H17N3O4/c1-11(2,3)19-10(18)15-12(9(16)17)4-7(12)8-5-13-6-14-8/h5-7H,4H2,1-3H3,(H,13,14)(H,15,18)(H,16,17)/t7-,12+/m0/s1. The molecule has 3 N–H and O–H groups in total. The van der Waals surface area contributed by atoms with Gasteiger partial charge in [0.1, 0.15) is 11.1 Å². The highest BCUT2D eigenvalue weighted by Gasteiger charge is 2.63. The quantitative estimate of drug-likeness (QED) is 0.764. The van der Waals surface area contributed by atoms with Crippen molar-refractivity contribution in [2.45, 2.75) is 44.2 Å². The lowest BCUT2D eigenvalue weighted by molar-refractivity contribution is -0.140. The molecule has 1 aliphatic carbocycles. The van der Waals surface area contributed by atoms with E-state index in [1.54, 1.807) is 27.0 Å². The van der Waals surface area contributed by atoms with Gasteiger partial charge in [-0.2, -0.15) is 0 Å². The number of nitrogens with zero attached hydrogens (tertiary/aromatic N) is 1. The molecule has 0 saturated heterocycles. The van der Waals surface area contributed by atoms with E-state index in [1.165, 1.54) is 6.33 Å². The zero-order valence-electron chi connectivity index (χ0n) is 11.1. The van der Waals surface area contributed by atoms with E-state index in [1.807, 2.05) is 0 Å². The molecule has 0 aromatic carbocycles. The summed E-state index contributed by atoms with van der Waals surface area (Å²) in [4.78, 5) is 29.8. The molecule has 19 heavy (non-hydrogen) atoms. The van der Waals surface area contributed by atoms with Crippen molar-refractivity contribution in [1.82, 2.24) is 15.3 Å². The fourth-order valence-corrected chi connectivity index (χ4v) is 2.01. The first-order chi connectivity index (χ1) is 8.74. The molecule has 2 atom stereocenters. The summed E-state index contributed by atoms with van der Waals surface area (Å²) in [7, 11) is 0. The Labute approximate surface area is 110 Å².